The van der Waals surface area contributed by atoms with Crippen molar-refractivity contribution in [2.75, 3.05) is 0 Å². The lowest BCUT2D eigenvalue weighted by Gasteiger charge is -2.06. The zero-order valence-electron chi connectivity index (χ0n) is 8.04. The molecule has 14 heavy (non-hydrogen) atoms. The molecule has 1 fully saturated rings. The van der Waals surface area contributed by atoms with E-state index in [0.717, 1.165) is 24.1 Å². The van der Waals surface area contributed by atoms with Crippen molar-refractivity contribution in [3.8, 4) is 0 Å². The van der Waals surface area contributed by atoms with Crippen LogP contribution in [0.5, 0.6) is 0 Å². The molecule has 0 N–H and O–H groups in total. The third-order valence-electron chi connectivity index (χ3n) is 2.60. The maximum Gasteiger partial charge on any atom is 0.235 e. The van der Waals surface area contributed by atoms with Crippen molar-refractivity contribution in [2.24, 2.45) is 12.0 Å². The SMILES string of the molecule is Cc1nn(C)c(Cl)c1C1(N=C=O)CC1. The predicted octanol–water partition coefficient (Wildman–Crippen LogP) is 1.71. The first-order valence-electron chi connectivity index (χ1n) is 4.39. The van der Waals surface area contributed by atoms with E-state index in [0.29, 0.717) is 5.15 Å². The fourth-order valence-electron chi connectivity index (χ4n) is 1.78. The van der Waals surface area contributed by atoms with Gasteiger partial charge in [-0.25, -0.2) is 4.79 Å². The van der Waals surface area contributed by atoms with Gasteiger partial charge in [-0.1, -0.05) is 11.6 Å². The molecule has 1 aromatic rings. The summed E-state index contributed by atoms with van der Waals surface area (Å²) >= 11 is 6.08. The zero-order valence-corrected chi connectivity index (χ0v) is 8.80. The molecule has 0 unspecified atom stereocenters. The maximum atomic E-state index is 10.3. The number of hydrogen-bond acceptors (Lipinski definition) is 3. The van der Waals surface area contributed by atoms with Crippen molar-refractivity contribution in [3.63, 3.8) is 0 Å². The van der Waals surface area contributed by atoms with E-state index in [1.165, 1.54) is 0 Å². The highest BCUT2D eigenvalue weighted by Crippen LogP contribution is 2.52. The summed E-state index contributed by atoms with van der Waals surface area (Å²) in [5.74, 6) is 0. The van der Waals surface area contributed by atoms with E-state index in [2.05, 4.69) is 10.1 Å². The van der Waals surface area contributed by atoms with Crippen molar-refractivity contribution in [1.29, 1.82) is 0 Å². The number of carbonyl (C=O) groups excluding carboxylic acids is 1. The summed E-state index contributed by atoms with van der Waals surface area (Å²) in [6, 6.07) is 0. The monoisotopic (exact) mass is 211 g/mol. The van der Waals surface area contributed by atoms with Gasteiger partial charge >= 0.3 is 0 Å². The predicted molar refractivity (Wildman–Crippen MR) is 52.0 cm³/mol. The highest BCUT2D eigenvalue weighted by atomic mass is 35.5. The molecule has 0 saturated heterocycles. The summed E-state index contributed by atoms with van der Waals surface area (Å²) in [6.45, 7) is 1.88. The molecule has 74 valence electrons. The second kappa shape index (κ2) is 2.94. The summed E-state index contributed by atoms with van der Waals surface area (Å²) in [5.41, 5.74) is 1.30. The number of aryl methyl sites for hydroxylation is 2. The van der Waals surface area contributed by atoms with Gasteiger partial charge in [-0.3, -0.25) is 4.68 Å². The Morgan fingerprint density at radius 3 is 2.64 bits per heavy atom. The van der Waals surface area contributed by atoms with Crippen molar-refractivity contribution < 1.29 is 4.79 Å². The van der Waals surface area contributed by atoms with Gasteiger partial charge < -0.3 is 0 Å². The molecule has 0 radical (unpaired) electrons. The van der Waals surface area contributed by atoms with Gasteiger partial charge in [0.05, 0.1) is 5.69 Å². The Balaban J connectivity index is 2.56. The lowest BCUT2D eigenvalue weighted by Crippen LogP contribution is -2.03. The molecule has 0 spiro atoms. The highest BCUT2D eigenvalue weighted by molar-refractivity contribution is 6.30. The van der Waals surface area contributed by atoms with Crippen molar-refractivity contribution >= 4 is 17.7 Å². The van der Waals surface area contributed by atoms with Gasteiger partial charge in [0.1, 0.15) is 10.7 Å². The van der Waals surface area contributed by atoms with Gasteiger partial charge in [0.2, 0.25) is 6.08 Å². The molecule has 0 bridgehead atoms. The first kappa shape index (κ1) is 9.44. The van der Waals surface area contributed by atoms with Crippen LogP contribution in [-0.2, 0) is 17.4 Å². The van der Waals surface area contributed by atoms with Crippen LogP contribution in [-0.4, -0.2) is 15.9 Å². The van der Waals surface area contributed by atoms with Gasteiger partial charge in [-0.05, 0) is 19.8 Å². The minimum atomic E-state index is -0.419. The number of hydrogen-bond donors (Lipinski definition) is 0. The summed E-state index contributed by atoms with van der Waals surface area (Å²) in [5, 5.41) is 4.76. The van der Waals surface area contributed by atoms with E-state index in [4.69, 9.17) is 11.6 Å². The van der Waals surface area contributed by atoms with E-state index in [-0.39, 0.29) is 0 Å². The van der Waals surface area contributed by atoms with Crippen LogP contribution in [0.3, 0.4) is 0 Å². The van der Waals surface area contributed by atoms with Gasteiger partial charge in [0.25, 0.3) is 0 Å². The highest BCUT2D eigenvalue weighted by Gasteiger charge is 2.48. The Hall–Kier alpha value is -1.12. The van der Waals surface area contributed by atoms with Gasteiger partial charge in [0.15, 0.2) is 0 Å². The third kappa shape index (κ3) is 1.19. The molecular weight excluding hydrogens is 202 g/mol. The Labute approximate surface area is 86.6 Å². The molecule has 5 heteroatoms. The summed E-state index contributed by atoms with van der Waals surface area (Å²) in [7, 11) is 1.78. The number of aromatic nitrogens is 2. The molecule has 1 heterocycles. The largest absolute Gasteiger partial charge is 0.256 e. The van der Waals surface area contributed by atoms with Crippen LogP contribution in [0.4, 0.5) is 0 Å². The molecule has 1 aromatic heterocycles. The first-order valence-corrected chi connectivity index (χ1v) is 4.77. The quantitative estimate of drug-likeness (QED) is 0.552. The van der Waals surface area contributed by atoms with E-state index < -0.39 is 5.54 Å². The number of halogens is 1. The molecule has 1 aliphatic carbocycles. The lowest BCUT2D eigenvalue weighted by atomic mass is 10.1. The van der Waals surface area contributed by atoms with Crippen LogP contribution in [0, 0.1) is 6.92 Å². The smallest absolute Gasteiger partial charge is 0.235 e. The minimum Gasteiger partial charge on any atom is -0.256 e. The molecule has 1 saturated carbocycles. The van der Waals surface area contributed by atoms with Crippen LogP contribution < -0.4 is 0 Å². The molecule has 0 aliphatic heterocycles. The average Bonchev–Trinajstić information content (AvgIpc) is 2.80. The van der Waals surface area contributed by atoms with Crippen LogP contribution in [0.25, 0.3) is 0 Å². The zero-order chi connectivity index (χ0) is 10.3. The van der Waals surface area contributed by atoms with Crippen LogP contribution in [0.1, 0.15) is 24.1 Å². The molecule has 0 amide bonds. The third-order valence-corrected chi connectivity index (χ3v) is 3.03. The van der Waals surface area contributed by atoms with Crippen molar-refractivity contribution in [1.82, 2.24) is 9.78 Å². The average molecular weight is 212 g/mol. The molecular formula is C9H10ClN3O. The number of nitrogens with zero attached hydrogens (tertiary/aromatic N) is 3. The van der Waals surface area contributed by atoms with Crippen LogP contribution in [0.2, 0.25) is 5.15 Å². The number of isocyanates is 1. The Morgan fingerprint density at radius 2 is 2.29 bits per heavy atom. The van der Waals surface area contributed by atoms with Gasteiger partial charge in [-0.15, -0.1) is 0 Å². The lowest BCUT2D eigenvalue weighted by molar-refractivity contribution is 0.556. The maximum absolute atomic E-state index is 10.3. The second-order valence-corrected chi connectivity index (χ2v) is 3.97. The molecule has 0 atom stereocenters. The normalized spacial score (nSPS) is 17.6. The second-order valence-electron chi connectivity index (χ2n) is 3.61. The van der Waals surface area contributed by atoms with Crippen molar-refractivity contribution in [3.05, 3.63) is 16.4 Å². The fourth-order valence-corrected chi connectivity index (χ4v) is 2.13. The fraction of sp³-hybridized carbons (Fsp3) is 0.556. The Morgan fingerprint density at radius 1 is 1.64 bits per heavy atom. The molecule has 0 aromatic carbocycles. The van der Waals surface area contributed by atoms with Crippen LogP contribution in [0.15, 0.2) is 4.99 Å². The molecule has 1 aliphatic rings. The number of rotatable bonds is 2. The van der Waals surface area contributed by atoms with E-state index in [1.54, 1.807) is 17.8 Å². The first-order chi connectivity index (χ1) is 6.60. The van der Waals surface area contributed by atoms with Crippen LogP contribution >= 0.6 is 11.6 Å². The summed E-state index contributed by atoms with van der Waals surface area (Å²) in [6.07, 6.45) is 3.32. The van der Waals surface area contributed by atoms with E-state index in [9.17, 15) is 4.79 Å². The van der Waals surface area contributed by atoms with E-state index >= 15 is 0 Å². The topological polar surface area (TPSA) is 47.2 Å². The Kier molecular flexibility index (Phi) is 1.98. The molecule has 2 rings (SSSR count). The minimum absolute atomic E-state index is 0.419. The van der Waals surface area contributed by atoms with Gasteiger partial charge in [0, 0.05) is 12.6 Å². The van der Waals surface area contributed by atoms with Crippen molar-refractivity contribution in [2.45, 2.75) is 25.3 Å². The summed E-state index contributed by atoms with van der Waals surface area (Å²) < 4.78 is 1.60. The Bertz CT molecular complexity index is 428. The van der Waals surface area contributed by atoms with Gasteiger partial charge in [-0.2, -0.15) is 10.1 Å². The standard InChI is InChI=1S/C9H10ClN3O/c1-6-7(8(10)13(2)12-6)9(3-4-9)11-5-14/h3-4H2,1-2H3. The molecule has 4 nitrogen and oxygen atoms in total. The van der Waals surface area contributed by atoms with E-state index in [1.807, 2.05) is 6.92 Å². The summed E-state index contributed by atoms with van der Waals surface area (Å²) in [4.78, 5) is 14.1. The number of aliphatic imine (C=N–C) groups is 1.